The minimum Gasteiger partial charge on any atom is -0.508 e. The maximum atomic E-state index is 13.5. The highest BCUT2D eigenvalue weighted by Gasteiger charge is 2.43. The average molecular weight is 439 g/mol. The number of aromatic nitrogens is 2. The van der Waals surface area contributed by atoms with Crippen LogP contribution in [0, 0.1) is 0 Å². The van der Waals surface area contributed by atoms with E-state index in [1.165, 1.54) is 0 Å². The number of carbonyl (C=O) groups is 2. The second-order valence-electron chi connectivity index (χ2n) is 7.66. The molecule has 164 valence electrons. The maximum Gasteiger partial charge on any atom is 0.338 e. The number of amides is 1. The molecule has 1 atom stereocenters. The Bertz CT molecular complexity index is 1310. The first-order valence-electron chi connectivity index (χ1n) is 10.6. The van der Waals surface area contributed by atoms with Crippen LogP contribution in [0.15, 0.2) is 78.9 Å². The van der Waals surface area contributed by atoms with Gasteiger partial charge in [-0.25, -0.2) is 4.79 Å². The number of aromatic amines is 1. The Morgan fingerprint density at radius 3 is 2.39 bits per heavy atom. The summed E-state index contributed by atoms with van der Waals surface area (Å²) < 4.78 is 5.06. The summed E-state index contributed by atoms with van der Waals surface area (Å²) in [5.41, 5.74) is 4.66. The molecule has 0 aliphatic carbocycles. The smallest absolute Gasteiger partial charge is 0.338 e. The lowest BCUT2D eigenvalue weighted by molar-refractivity contribution is 0.0526. The van der Waals surface area contributed by atoms with E-state index >= 15 is 0 Å². The minimum atomic E-state index is -0.463. The fraction of sp³-hybridized carbons (Fsp3) is 0.115. The number of nitrogens with zero attached hydrogens (tertiary/aromatic N) is 2. The van der Waals surface area contributed by atoms with Crippen molar-refractivity contribution >= 4 is 17.6 Å². The topological polar surface area (TPSA) is 95.5 Å². The first-order chi connectivity index (χ1) is 16.1. The summed E-state index contributed by atoms with van der Waals surface area (Å²) in [7, 11) is 0. The number of benzene rings is 3. The van der Waals surface area contributed by atoms with E-state index in [4.69, 9.17) is 4.74 Å². The van der Waals surface area contributed by atoms with Gasteiger partial charge in [0.05, 0.1) is 23.9 Å². The lowest BCUT2D eigenvalue weighted by Crippen LogP contribution is -2.29. The van der Waals surface area contributed by atoms with Gasteiger partial charge in [0.25, 0.3) is 5.91 Å². The molecule has 0 bridgehead atoms. The van der Waals surface area contributed by atoms with Crippen LogP contribution in [0.1, 0.15) is 44.9 Å². The molecular formula is C26H21N3O4. The number of nitrogens with one attached hydrogen (secondary N) is 1. The summed E-state index contributed by atoms with van der Waals surface area (Å²) in [6, 6.07) is 22.8. The van der Waals surface area contributed by atoms with Crippen molar-refractivity contribution < 1.29 is 19.4 Å². The summed E-state index contributed by atoms with van der Waals surface area (Å²) >= 11 is 0. The molecule has 1 aromatic heterocycles. The highest BCUT2D eigenvalue weighted by molar-refractivity contribution is 6.12. The Kier molecular flexibility index (Phi) is 5.14. The normalized spacial score (nSPS) is 14.9. The zero-order chi connectivity index (χ0) is 22.9. The zero-order valence-electron chi connectivity index (χ0n) is 17.9. The number of phenols is 1. The Labute approximate surface area is 190 Å². The van der Waals surface area contributed by atoms with Crippen LogP contribution in [0.3, 0.4) is 0 Å². The van der Waals surface area contributed by atoms with Crippen molar-refractivity contribution in [2.45, 2.75) is 13.0 Å². The van der Waals surface area contributed by atoms with Crippen molar-refractivity contribution in [1.29, 1.82) is 0 Å². The van der Waals surface area contributed by atoms with Gasteiger partial charge in [0.2, 0.25) is 0 Å². The van der Waals surface area contributed by atoms with Gasteiger partial charge in [-0.2, -0.15) is 5.10 Å². The molecule has 33 heavy (non-hydrogen) atoms. The van der Waals surface area contributed by atoms with Gasteiger partial charge in [-0.15, -0.1) is 0 Å². The highest BCUT2D eigenvalue weighted by atomic mass is 16.5. The first-order valence-corrected chi connectivity index (χ1v) is 10.6. The van der Waals surface area contributed by atoms with Crippen molar-refractivity contribution in [3.63, 3.8) is 0 Å². The quantitative estimate of drug-likeness (QED) is 0.439. The number of rotatable bonds is 5. The van der Waals surface area contributed by atoms with Crippen LogP contribution in [0.2, 0.25) is 0 Å². The molecule has 0 fully saturated rings. The van der Waals surface area contributed by atoms with Crippen molar-refractivity contribution in [2.75, 3.05) is 11.5 Å². The fourth-order valence-corrected chi connectivity index (χ4v) is 4.17. The molecule has 0 radical (unpaired) electrons. The van der Waals surface area contributed by atoms with E-state index in [1.54, 1.807) is 60.4 Å². The zero-order valence-corrected chi connectivity index (χ0v) is 17.9. The van der Waals surface area contributed by atoms with Crippen LogP contribution < -0.4 is 4.90 Å². The number of carbonyl (C=O) groups excluding carboxylic acids is 2. The fourth-order valence-electron chi connectivity index (χ4n) is 4.17. The van der Waals surface area contributed by atoms with Crippen LogP contribution >= 0.6 is 0 Å². The van der Waals surface area contributed by atoms with Crippen molar-refractivity contribution in [1.82, 2.24) is 10.2 Å². The summed E-state index contributed by atoms with van der Waals surface area (Å²) in [5.74, 6) is -0.488. The van der Waals surface area contributed by atoms with Gasteiger partial charge in [-0.3, -0.25) is 14.8 Å². The van der Waals surface area contributed by atoms with Gasteiger partial charge in [-0.05, 0) is 48.9 Å². The van der Waals surface area contributed by atoms with Crippen LogP contribution in [0.25, 0.3) is 11.3 Å². The molecule has 0 spiro atoms. The summed E-state index contributed by atoms with van der Waals surface area (Å²) in [6.07, 6.45) is 0. The molecule has 7 heteroatoms. The lowest BCUT2D eigenvalue weighted by atomic mass is 9.95. The van der Waals surface area contributed by atoms with Gasteiger partial charge in [0.1, 0.15) is 11.4 Å². The van der Waals surface area contributed by atoms with E-state index in [0.29, 0.717) is 22.6 Å². The van der Waals surface area contributed by atoms with Crippen molar-refractivity contribution in [3.05, 3.63) is 101 Å². The second-order valence-corrected chi connectivity index (χ2v) is 7.66. The average Bonchev–Trinajstić information content (AvgIpc) is 3.39. The molecule has 3 aromatic carbocycles. The van der Waals surface area contributed by atoms with Crippen LogP contribution in [-0.2, 0) is 4.74 Å². The van der Waals surface area contributed by atoms with Gasteiger partial charge >= 0.3 is 5.97 Å². The summed E-state index contributed by atoms with van der Waals surface area (Å²) in [5, 5.41) is 17.2. The Balaban J connectivity index is 1.63. The molecule has 1 aliphatic rings. The van der Waals surface area contributed by atoms with E-state index in [0.717, 1.165) is 16.7 Å². The maximum absolute atomic E-state index is 13.5. The number of hydrogen-bond acceptors (Lipinski definition) is 5. The molecule has 2 heterocycles. The summed E-state index contributed by atoms with van der Waals surface area (Å²) in [6.45, 7) is 2.04. The standard InChI is InChI=1S/C26H21N3O4/c1-2-33-26(32)18-8-12-19(13-9-18)29-24(17-10-14-20(30)15-11-17)21-22(16-6-4-3-5-7-16)27-28-23(21)25(29)31/h3-15,24,30H,2H2,1H3,(H,27,28). The number of phenolic OH excluding ortho intramolecular Hbond substituents is 1. The third-order valence-corrected chi connectivity index (χ3v) is 5.68. The van der Waals surface area contributed by atoms with Crippen molar-refractivity contribution in [3.8, 4) is 17.0 Å². The van der Waals surface area contributed by atoms with Gasteiger partial charge < -0.3 is 9.84 Å². The number of ether oxygens (including phenoxy) is 1. The van der Waals surface area contributed by atoms with Crippen LogP contribution in [-0.4, -0.2) is 33.8 Å². The third-order valence-electron chi connectivity index (χ3n) is 5.68. The molecule has 0 saturated carbocycles. The molecule has 4 aromatic rings. The highest BCUT2D eigenvalue weighted by Crippen LogP contribution is 2.45. The predicted octanol–water partition coefficient (Wildman–Crippen LogP) is 4.71. The Morgan fingerprint density at radius 1 is 1.03 bits per heavy atom. The number of esters is 1. The largest absolute Gasteiger partial charge is 0.508 e. The number of anilines is 1. The Hall–Kier alpha value is -4.39. The molecule has 1 aliphatic heterocycles. The first kappa shape index (κ1) is 20.5. The number of hydrogen-bond donors (Lipinski definition) is 2. The molecule has 0 saturated heterocycles. The van der Waals surface area contributed by atoms with Crippen LogP contribution in [0.4, 0.5) is 5.69 Å². The Morgan fingerprint density at radius 2 is 1.73 bits per heavy atom. The molecule has 1 unspecified atom stereocenters. The van der Waals surface area contributed by atoms with Crippen molar-refractivity contribution in [2.24, 2.45) is 0 Å². The lowest BCUT2D eigenvalue weighted by Gasteiger charge is -2.26. The SMILES string of the molecule is CCOC(=O)c1ccc(N2C(=O)c3[nH]nc(-c4ccccc4)c3C2c2ccc(O)cc2)cc1. The van der Waals surface area contributed by atoms with E-state index in [-0.39, 0.29) is 18.3 Å². The third kappa shape index (κ3) is 3.53. The number of fused-ring (bicyclic) bond motifs is 1. The molecule has 1 amide bonds. The van der Waals surface area contributed by atoms with E-state index in [2.05, 4.69) is 10.2 Å². The summed E-state index contributed by atoms with van der Waals surface area (Å²) in [4.78, 5) is 27.3. The second kappa shape index (κ2) is 8.27. The van der Waals surface area contributed by atoms with Gasteiger partial charge in [0.15, 0.2) is 0 Å². The van der Waals surface area contributed by atoms with Gasteiger partial charge in [-0.1, -0.05) is 42.5 Å². The number of H-pyrrole nitrogens is 1. The van der Waals surface area contributed by atoms with Crippen LogP contribution in [0.5, 0.6) is 5.75 Å². The number of aromatic hydroxyl groups is 1. The van der Waals surface area contributed by atoms with E-state index in [9.17, 15) is 14.7 Å². The molecular weight excluding hydrogens is 418 g/mol. The predicted molar refractivity (Wildman–Crippen MR) is 123 cm³/mol. The molecule has 2 N–H and O–H groups in total. The van der Waals surface area contributed by atoms with E-state index in [1.807, 2.05) is 30.3 Å². The molecule has 5 rings (SSSR count). The molecule has 7 nitrogen and oxygen atoms in total. The monoisotopic (exact) mass is 439 g/mol. The van der Waals surface area contributed by atoms with E-state index < -0.39 is 12.0 Å². The van der Waals surface area contributed by atoms with Gasteiger partial charge in [0, 0.05) is 16.8 Å². The minimum absolute atomic E-state index is 0.143.